The van der Waals surface area contributed by atoms with Crippen LogP contribution in [0.5, 0.6) is 5.75 Å². The molecule has 0 saturated heterocycles. The monoisotopic (exact) mass is 518 g/mol. The first-order valence-corrected chi connectivity index (χ1v) is 12.7. The third-order valence-electron chi connectivity index (χ3n) is 5.30. The lowest BCUT2D eigenvalue weighted by molar-refractivity contribution is -0.138. The molecule has 0 saturated carbocycles. The summed E-state index contributed by atoms with van der Waals surface area (Å²) in [7, 11) is -3.91. The first-order valence-electron chi connectivity index (χ1n) is 11.2. The van der Waals surface area contributed by atoms with E-state index in [1.807, 2.05) is 48.5 Å². The van der Waals surface area contributed by atoms with Crippen molar-refractivity contribution in [2.75, 3.05) is 0 Å². The third-order valence-corrected chi connectivity index (χ3v) is 6.79. The highest BCUT2D eigenvalue weighted by Gasteiger charge is 2.25. The molecule has 0 aromatic heterocycles. The average Bonchev–Trinajstić information content (AvgIpc) is 2.91. The summed E-state index contributed by atoms with van der Waals surface area (Å²) in [5.74, 6) is -1.61. The number of nitrogens with two attached hydrogens (primary N) is 1. The fourth-order valence-corrected chi connectivity index (χ4v) is 4.68. The minimum absolute atomic E-state index is 0.00644. The summed E-state index contributed by atoms with van der Waals surface area (Å²) in [5.41, 5.74) is 8.36. The lowest BCUT2D eigenvalue weighted by atomic mass is 9.99. The van der Waals surface area contributed by atoms with Gasteiger partial charge in [-0.15, -0.1) is 0 Å². The van der Waals surface area contributed by atoms with Crippen molar-refractivity contribution >= 4 is 21.9 Å². The van der Waals surface area contributed by atoms with Crippen LogP contribution in [0.1, 0.15) is 15.9 Å². The molecule has 0 aliphatic heterocycles. The van der Waals surface area contributed by atoms with Gasteiger partial charge in [0.25, 0.3) is 0 Å². The van der Waals surface area contributed by atoms with Crippen LogP contribution in [0.3, 0.4) is 0 Å². The number of hydrogen-bond donors (Lipinski definition) is 4. The molecule has 0 heterocycles. The minimum atomic E-state index is -3.91. The van der Waals surface area contributed by atoms with Gasteiger partial charge >= 0.3 is 5.97 Å². The zero-order valence-electron chi connectivity index (χ0n) is 19.7. The second-order valence-electron chi connectivity index (χ2n) is 7.97. The van der Waals surface area contributed by atoms with Crippen LogP contribution in [0.25, 0.3) is 11.1 Å². The van der Waals surface area contributed by atoms with E-state index in [0.717, 1.165) is 11.1 Å². The fourth-order valence-electron chi connectivity index (χ4n) is 3.47. The Bertz CT molecular complexity index is 1440. The van der Waals surface area contributed by atoms with Crippen LogP contribution in [0, 0.1) is 0 Å². The Labute approximate surface area is 215 Å². The number of benzene rings is 4. The molecule has 0 fully saturated rings. The predicted molar refractivity (Wildman–Crippen MR) is 140 cm³/mol. The highest BCUT2D eigenvalue weighted by Crippen LogP contribution is 2.22. The number of aromatic hydroxyl groups is 1. The smallest absolute Gasteiger partial charge is 0.322 e. The summed E-state index contributed by atoms with van der Waals surface area (Å²) in [6.45, 7) is 0. The first kappa shape index (κ1) is 27.1. The van der Waals surface area contributed by atoms with E-state index in [1.54, 1.807) is 36.4 Å². The number of phenols is 1. The van der Waals surface area contributed by atoms with Gasteiger partial charge in [0.05, 0.1) is 4.90 Å². The molecular weight excluding hydrogens is 492 g/mol. The standard InChI is InChI=1S/C15H15NO5S.C13H11NO/c17-12-8-6-11(7-9-12)10-14(15(18)19)16-22(20,21)13-4-2-1-3-5-13;14-13(15)12-9-5-4-8-11(12)10-6-2-1-3-7-10/h1-9,14,16-17H,10H2,(H,18,19);1-9H,(H2,14,15)/t14-;/m0./s1. The molecule has 1 atom stereocenters. The van der Waals surface area contributed by atoms with Gasteiger partial charge in [0.15, 0.2) is 0 Å². The number of phenolic OH excluding ortho intramolecular Hbond substituents is 1. The van der Waals surface area contributed by atoms with Crippen LogP contribution in [0.4, 0.5) is 0 Å². The summed E-state index contributed by atoms with van der Waals surface area (Å²) in [6, 6.07) is 29.3. The maximum absolute atomic E-state index is 12.2. The van der Waals surface area contributed by atoms with Gasteiger partial charge in [-0.25, -0.2) is 8.42 Å². The van der Waals surface area contributed by atoms with E-state index in [2.05, 4.69) is 4.72 Å². The number of hydrogen-bond acceptors (Lipinski definition) is 5. The van der Waals surface area contributed by atoms with Gasteiger partial charge < -0.3 is 15.9 Å². The van der Waals surface area contributed by atoms with Crippen LogP contribution in [0.2, 0.25) is 0 Å². The van der Waals surface area contributed by atoms with Crippen LogP contribution in [-0.2, 0) is 21.2 Å². The molecule has 0 spiro atoms. The van der Waals surface area contributed by atoms with E-state index < -0.39 is 27.9 Å². The molecule has 0 aliphatic carbocycles. The number of aliphatic carboxylic acids is 1. The van der Waals surface area contributed by atoms with E-state index >= 15 is 0 Å². The number of nitrogens with one attached hydrogen (secondary N) is 1. The topological polar surface area (TPSA) is 147 Å². The Morgan fingerprint density at radius 2 is 1.32 bits per heavy atom. The molecule has 1 amide bonds. The van der Waals surface area contributed by atoms with Crippen LogP contribution in [-0.4, -0.2) is 36.5 Å². The average molecular weight is 519 g/mol. The van der Waals surface area contributed by atoms with Crippen LogP contribution < -0.4 is 10.5 Å². The van der Waals surface area contributed by atoms with Crippen molar-refractivity contribution in [3.05, 3.63) is 120 Å². The Morgan fingerprint density at radius 3 is 1.89 bits per heavy atom. The second kappa shape index (κ2) is 12.5. The molecule has 0 radical (unpaired) electrons. The second-order valence-corrected chi connectivity index (χ2v) is 9.69. The van der Waals surface area contributed by atoms with Crippen LogP contribution in [0.15, 0.2) is 114 Å². The molecule has 8 nitrogen and oxygen atoms in total. The van der Waals surface area contributed by atoms with Crippen molar-refractivity contribution in [3.8, 4) is 16.9 Å². The van der Waals surface area contributed by atoms with Crippen LogP contribution >= 0.6 is 0 Å². The number of carbonyl (C=O) groups excluding carboxylic acids is 1. The van der Waals surface area contributed by atoms with Gasteiger partial charge in [-0.1, -0.05) is 78.9 Å². The molecule has 0 bridgehead atoms. The molecule has 4 aromatic carbocycles. The molecule has 4 rings (SSSR count). The number of carboxylic acids is 1. The zero-order valence-corrected chi connectivity index (χ0v) is 20.5. The SMILES string of the molecule is NC(=O)c1ccccc1-c1ccccc1.O=C(O)[C@H](Cc1ccc(O)cc1)NS(=O)(=O)c1ccccc1. The highest BCUT2D eigenvalue weighted by atomic mass is 32.2. The molecular formula is C28H26N2O6S. The van der Waals surface area contributed by atoms with Crippen molar-refractivity contribution in [3.63, 3.8) is 0 Å². The lowest BCUT2D eigenvalue weighted by Crippen LogP contribution is -2.42. The summed E-state index contributed by atoms with van der Waals surface area (Å²) in [6.07, 6.45) is -0.0261. The van der Waals surface area contributed by atoms with E-state index in [4.69, 9.17) is 5.73 Å². The van der Waals surface area contributed by atoms with Gasteiger partial charge in [0.1, 0.15) is 11.8 Å². The molecule has 37 heavy (non-hydrogen) atoms. The van der Waals surface area contributed by atoms with Crippen molar-refractivity contribution < 1.29 is 28.2 Å². The zero-order chi connectivity index (χ0) is 26.8. The van der Waals surface area contributed by atoms with E-state index in [1.165, 1.54) is 24.3 Å². The number of carboxylic acid groups (broad SMARTS) is 1. The van der Waals surface area contributed by atoms with Gasteiger partial charge in [0, 0.05) is 5.56 Å². The summed E-state index contributed by atoms with van der Waals surface area (Å²) in [4.78, 5) is 22.5. The quantitative estimate of drug-likeness (QED) is 0.279. The van der Waals surface area contributed by atoms with Crippen molar-refractivity contribution in [1.82, 2.24) is 4.72 Å². The number of carbonyl (C=O) groups is 2. The number of primary amides is 1. The first-order chi connectivity index (χ1) is 17.7. The largest absolute Gasteiger partial charge is 0.508 e. The van der Waals surface area contributed by atoms with Gasteiger partial charge in [-0.05, 0) is 53.4 Å². The van der Waals surface area contributed by atoms with Crippen molar-refractivity contribution in [2.24, 2.45) is 5.73 Å². The van der Waals surface area contributed by atoms with Gasteiger partial charge in [-0.3, -0.25) is 9.59 Å². The Kier molecular flexibility index (Phi) is 9.15. The van der Waals surface area contributed by atoms with Crippen molar-refractivity contribution in [2.45, 2.75) is 17.4 Å². The maximum atomic E-state index is 12.2. The number of rotatable bonds is 8. The Balaban J connectivity index is 0.000000220. The van der Waals surface area contributed by atoms with E-state index in [0.29, 0.717) is 11.1 Å². The van der Waals surface area contributed by atoms with Gasteiger partial charge in [-0.2, -0.15) is 4.72 Å². The third kappa shape index (κ3) is 7.76. The molecule has 0 aliphatic rings. The maximum Gasteiger partial charge on any atom is 0.322 e. The number of sulfonamides is 1. The molecule has 0 unspecified atom stereocenters. The van der Waals surface area contributed by atoms with E-state index in [9.17, 15) is 28.2 Å². The minimum Gasteiger partial charge on any atom is -0.508 e. The fraction of sp³-hybridized carbons (Fsp3) is 0.0714. The van der Waals surface area contributed by atoms with Crippen molar-refractivity contribution in [1.29, 1.82) is 0 Å². The normalized spacial score (nSPS) is 11.6. The Morgan fingerprint density at radius 1 is 0.784 bits per heavy atom. The summed E-state index contributed by atoms with van der Waals surface area (Å²) < 4.78 is 26.5. The predicted octanol–water partition coefficient (Wildman–Crippen LogP) is 3.82. The molecule has 5 N–H and O–H groups in total. The molecule has 4 aromatic rings. The molecule has 190 valence electrons. The number of amides is 1. The summed E-state index contributed by atoms with van der Waals surface area (Å²) in [5, 5.41) is 18.4. The highest BCUT2D eigenvalue weighted by molar-refractivity contribution is 7.89. The van der Waals surface area contributed by atoms with Gasteiger partial charge in [0.2, 0.25) is 15.9 Å². The Hall–Kier alpha value is -4.47. The summed E-state index contributed by atoms with van der Waals surface area (Å²) >= 11 is 0. The lowest BCUT2D eigenvalue weighted by Gasteiger charge is -2.15. The molecule has 9 heteroatoms. The van der Waals surface area contributed by atoms with E-state index in [-0.39, 0.29) is 17.1 Å².